The fourth-order valence-electron chi connectivity index (χ4n) is 1.69. The fourth-order valence-corrected chi connectivity index (χ4v) is 2.54. The average Bonchev–Trinajstić information content (AvgIpc) is 2.57. The Morgan fingerprint density at radius 1 is 1.32 bits per heavy atom. The quantitative estimate of drug-likeness (QED) is 0.606. The first-order valence-corrected chi connectivity index (χ1v) is 8.41. The molecular weight excluding hydrogens is 374 g/mol. The molecule has 0 saturated carbocycles. The summed E-state index contributed by atoms with van der Waals surface area (Å²) in [4.78, 5) is 27.6. The third-order valence-corrected chi connectivity index (χ3v) is 4.12. The molecule has 0 radical (unpaired) electrons. The minimum absolute atomic E-state index is 0.0144. The van der Waals surface area contributed by atoms with Crippen LogP contribution in [0.3, 0.4) is 0 Å². The largest absolute Gasteiger partial charge is 0.452 e. The van der Waals surface area contributed by atoms with Gasteiger partial charge in [0.15, 0.2) is 6.10 Å². The predicted octanol–water partition coefficient (Wildman–Crippen LogP) is 3.68. The van der Waals surface area contributed by atoms with Gasteiger partial charge in [-0.3, -0.25) is 9.59 Å². The zero-order chi connectivity index (χ0) is 18.4. The molecule has 0 aliphatic carbocycles. The van der Waals surface area contributed by atoms with Crippen molar-refractivity contribution in [3.8, 4) is 0 Å². The lowest BCUT2D eigenvalue weighted by atomic mass is 10.3. The van der Waals surface area contributed by atoms with Crippen LogP contribution < -0.4 is 5.32 Å². The third kappa shape index (κ3) is 5.99. The van der Waals surface area contributed by atoms with Crippen molar-refractivity contribution >= 4 is 41.1 Å². The Labute approximate surface area is 151 Å². The average molecular weight is 387 g/mol. The van der Waals surface area contributed by atoms with Crippen LogP contribution >= 0.6 is 23.4 Å². The zero-order valence-electron chi connectivity index (χ0n) is 13.0. The molecule has 9 heteroatoms. The number of aromatic nitrogens is 1. The molecule has 1 amide bonds. The summed E-state index contributed by atoms with van der Waals surface area (Å²) in [6, 6.07) is 5.98. The molecule has 2 rings (SSSR count). The number of thioether (sulfide) groups is 1. The van der Waals surface area contributed by atoms with Gasteiger partial charge < -0.3 is 10.1 Å². The number of ether oxygens (including phenoxy) is 1. The topological polar surface area (TPSA) is 68.3 Å². The monoisotopic (exact) mass is 386 g/mol. The number of rotatable bonds is 6. The highest BCUT2D eigenvalue weighted by Crippen LogP contribution is 2.22. The highest BCUT2D eigenvalue weighted by Gasteiger charge is 2.19. The molecule has 1 aromatic carbocycles. The van der Waals surface area contributed by atoms with Crippen LogP contribution in [0.2, 0.25) is 5.02 Å². The van der Waals surface area contributed by atoms with Gasteiger partial charge in [0.2, 0.25) is 0 Å². The van der Waals surface area contributed by atoms with Gasteiger partial charge in [0.1, 0.15) is 17.5 Å². The van der Waals surface area contributed by atoms with E-state index in [1.165, 1.54) is 19.2 Å². The van der Waals surface area contributed by atoms with Crippen molar-refractivity contribution in [2.75, 3.05) is 11.1 Å². The summed E-state index contributed by atoms with van der Waals surface area (Å²) in [5, 5.41) is 2.88. The molecule has 25 heavy (non-hydrogen) atoms. The van der Waals surface area contributed by atoms with Crippen LogP contribution in [0.4, 0.5) is 14.6 Å². The highest BCUT2D eigenvalue weighted by atomic mass is 35.5. The Balaban J connectivity index is 1.83. The Morgan fingerprint density at radius 2 is 2.08 bits per heavy atom. The molecule has 5 nitrogen and oxygen atoms in total. The molecule has 0 spiro atoms. The number of esters is 1. The van der Waals surface area contributed by atoms with Crippen LogP contribution in [0.15, 0.2) is 41.4 Å². The molecule has 1 heterocycles. The summed E-state index contributed by atoms with van der Waals surface area (Å²) in [6.07, 6.45) is 0.279. The first-order valence-electron chi connectivity index (χ1n) is 7.05. The van der Waals surface area contributed by atoms with Crippen molar-refractivity contribution in [3.05, 3.63) is 53.2 Å². The van der Waals surface area contributed by atoms with Gasteiger partial charge in [0, 0.05) is 11.1 Å². The third-order valence-electron chi connectivity index (χ3n) is 2.89. The Morgan fingerprint density at radius 3 is 2.76 bits per heavy atom. The summed E-state index contributed by atoms with van der Waals surface area (Å²) in [5.74, 6) is -2.57. The number of amides is 1. The van der Waals surface area contributed by atoms with Crippen molar-refractivity contribution < 1.29 is 23.1 Å². The molecule has 0 fully saturated rings. The Bertz CT molecular complexity index is 774. The summed E-state index contributed by atoms with van der Waals surface area (Å²) in [5.41, 5.74) is 0. The second-order valence-electron chi connectivity index (χ2n) is 4.85. The summed E-state index contributed by atoms with van der Waals surface area (Å²) < 4.78 is 31.5. The van der Waals surface area contributed by atoms with Gasteiger partial charge >= 0.3 is 5.97 Å². The van der Waals surface area contributed by atoms with E-state index in [4.69, 9.17) is 16.3 Å². The Kier molecular flexibility index (Phi) is 6.72. The number of pyridine rings is 1. The van der Waals surface area contributed by atoms with E-state index in [0.717, 1.165) is 30.0 Å². The zero-order valence-corrected chi connectivity index (χ0v) is 14.5. The number of carbonyl (C=O) groups excluding carboxylic acids is 2. The standard InChI is InChI=1S/C16H13ClF2N2O3S/c1-9(16(23)21-14-5-2-10(17)7-20-14)24-15(22)8-25-13-6-11(18)3-4-12(13)19/h2-7,9H,8H2,1H3,(H,20,21,23)/t9-/m0/s1. The first-order chi connectivity index (χ1) is 11.8. The second kappa shape index (κ2) is 8.77. The van der Waals surface area contributed by atoms with E-state index in [1.807, 2.05) is 0 Å². The van der Waals surface area contributed by atoms with E-state index in [9.17, 15) is 18.4 Å². The van der Waals surface area contributed by atoms with E-state index < -0.39 is 29.6 Å². The van der Waals surface area contributed by atoms with E-state index in [0.29, 0.717) is 5.02 Å². The lowest BCUT2D eigenvalue weighted by Crippen LogP contribution is -2.30. The summed E-state index contributed by atoms with van der Waals surface area (Å²) in [7, 11) is 0. The summed E-state index contributed by atoms with van der Waals surface area (Å²) in [6.45, 7) is 1.39. The fraction of sp³-hybridized carbons (Fsp3) is 0.188. The van der Waals surface area contributed by atoms with E-state index in [2.05, 4.69) is 10.3 Å². The molecule has 1 N–H and O–H groups in total. The lowest BCUT2D eigenvalue weighted by Gasteiger charge is -2.13. The molecule has 0 aliphatic rings. The number of benzene rings is 1. The normalized spacial score (nSPS) is 11.7. The van der Waals surface area contributed by atoms with E-state index in [-0.39, 0.29) is 16.5 Å². The Hall–Kier alpha value is -2.19. The number of nitrogens with zero attached hydrogens (tertiary/aromatic N) is 1. The molecule has 0 aliphatic heterocycles. The molecule has 0 bridgehead atoms. The van der Waals surface area contributed by atoms with Crippen molar-refractivity contribution in [3.63, 3.8) is 0 Å². The van der Waals surface area contributed by atoms with Gasteiger partial charge in [-0.1, -0.05) is 11.6 Å². The predicted molar refractivity (Wildman–Crippen MR) is 90.5 cm³/mol. The number of carbonyl (C=O) groups is 2. The van der Waals surface area contributed by atoms with Crippen molar-refractivity contribution in [1.29, 1.82) is 0 Å². The van der Waals surface area contributed by atoms with Gasteiger partial charge in [-0.05, 0) is 37.3 Å². The maximum Gasteiger partial charge on any atom is 0.317 e. The number of hydrogen-bond acceptors (Lipinski definition) is 5. The smallest absolute Gasteiger partial charge is 0.317 e. The highest BCUT2D eigenvalue weighted by molar-refractivity contribution is 8.00. The van der Waals surface area contributed by atoms with Crippen LogP contribution in [0.1, 0.15) is 6.92 Å². The van der Waals surface area contributed by atoms with Crippen LogP contribution in [-0.2, 0) is 14.3 Å². The minimum Gasteiger partial charge on any atom is -0.452 e. The van der Waals surface area contributed by atoms with Gasteiger partial charge in [-0.25, -0.2) is 13.8 Å². The van der Waals surface area contributed by atoms with Crippen LogP contribution in [0, 0.1) is 11.6 Å². The molecule has 2 aromatic rings. The molecular formula is C16H13ClF2N2O3S. The van der Waals surface area contributed by atoms with Gasteiger partial charge in [0.05, 0.1) is 10.8 Å². The summed E-state index contributed by atoms with van der Waals surface area (Å²) >= 11 is 6.47. The number of halogens is 3. The SMILES string of the molecule is C[C@H](OC(=O)CSc1cc(F)ccc1F)C(=O)Nc1ccc(Cl)cn1. The maximum atomic E-state index is 13.5. The molecule has 0 saturated heterocycles. The van der Waals surface area contributed by atoms with Crippen LogP contribution in [0.25, 0.3) is 0 Å². The second-order valence-corrected chi connectivity index (χ2v) is 6.30. The van der Waals surface area contributed by atoms with Crippen molar-refractivity contribution in [2.24, 2.45) is 0 Å². The van der Waals surface area contributed by atoms with Crippen LogP contribution in [0.5, 0.6) is 0 Å². The number of nitrogens with one attached hydrogen (secondary N) is 1. The van der Waals surface area contributed by atoms with Crippen molar-refractivity contribution in [2.45, 2.75) is 17.9 Å². The maximum absolute atomic E-state index is 13.5. The van der Waals surface area contributed by atoms with Gasteiger partial charge in [-0.15, -0.1) is 11.8 Å². The minimum atomic E-state index is -1.08. The van der Waals surface area contributed by atoms with Gasteiger partial charge in [-0.2, -0.15) is 0 Å². The van der Waals surface area contributed by atoms with Crippen LogP contribution in [-0.4, -0.2) is 28.7 Å². The van der Waals surface area contributed by atoms with Gasteiger partial charge in [0.25, 0.3) is 5.91 Å². The van der Waals surface area contributed by atoms with E-state index in [1.54, 1.807) is 6.07 Å². The van der Waals surface area contributed by atoms with Crippen molar-refractivity contribution in [1.82, 2.24) is 4.98 Å². The molecule has 1 aromatic heterocycles. The number of anilines is 1. The number of hydrogen-bond donors (Lipinski definition) is 1. The molecule has 1 atom stereocenters. The van der Waals surface area contributed by atoms with E-state index >= 15 is 0 Å². The molecule has 0 unspecified atom stereocenters. The molecule has 132 valence electrons. The lowest BCUT2D eigenvalue weighted by molar-refractivity contribution is -0.150. The first kappa shape index (κ1) is 19.1.